The molecule has 3 aromatic carbocycles. The number of aromatic amines is 1. The predicted molar refractivity (Wildman–Crippen MR) is 234 cm³/mol. The Hall–Kier alpha value is -6.80. The van der Waals surface area contributed by atoms with Crippen LogP contribution in [0.1, 0.15) is 58.4 Å². The molecule has 2 bridgehead atoms. The van der Waals surface area contributed by atoms with Crippen molar-refractivity contribution in [1.82, 2.24) is 14.9 Å². The molecule has 10 atom stereocenters. The molecule has 5 aromatic rings. The fraction of sp³-hybridized carbons (Fsp3) is 0.375. The first kappa shape index (κ1) is 45.0. The predicted octanol–water partition coefficient (Wildman–Crippen LogP) is 0.901. The van der Waals surface area contributed by atoms with Crippen LogP contribution >= 0.6 is 0 Å². The van der Waals surface area contributed by atoms with Gasteiger partial charge >= 0.3 is 11.9 Å². The number of carboxylic acids is 1. The number of carbonyl (C=O) groups is 2. The number of hydrogen-bond acceptors (Lipinski definition) is 17. The summed E-state index contributed by atoms with van der Waals surface area (Å²) < 4.78 is 46.2. The number of aromatic nitrogens is 2. The number of carbonyl (C=O) groups excluding carboxylic acids is 1. The van der Waals surface area contributed by atoms with E-state index >= 15 is 0 Å². The zero-order chi connectivity index (χ0) is 47.5. The Morgan fingerprint density at radius 1 is 1.01 bits per heavy atom. The average Bonchev–Trinajstić information content (AvgIpc) is 4.03. The van der Waals surface area contributed by atoms with Gasteiger partial charge in [-0.1, -0.05) is 48.2 Å². The quantitative estimate of drug-likeness (QED) is 0.0340. The molecule has 11 N–H and O–H groups in total. The number of aliphatic carboxylic acids is 1. The third-order valence-electron chi connectivity index (χ3n) is 13.2. The van der Waals surface area contributed by atoms with E-state index in [9.17, 15) is 45.3 Å². The number of nitrogens with zero attached hydrogens (tertiary/aromatic N) is 1. The Labute approximate surface area is 387 Å². The van der Waals surface area contributed by atoms with Crippen molar-refractivity contribution < 1.29 is 78.5 Å². The minimum Gasteiger partial charge on any atom is -0.489 e. The molecule has 2 aromatic heterocycles. The van der Waals surface area contributed by atoms with Crippen molar-refractivity contribution >= 4 is 22.8 Å². The Morgan fingerprint density at radius 2 is 1.84 bits per heavy atom. The van der Waals surface area contributed by atoms with Gasteiger partial charge in [0.1, 0.15) is 60.7 Å². The number of nitrogens with two attached hydrogens (primary N) is 1. The zero-order valence-corrected chi connectivity index (χ0v) is 36.1. The normalized spacial score (nSPS) is 28.3. The molecule has 0 aliphatic carbocycles. The smallest absolute Gasteiger partial charge is 0.317 e. The van der Waals surface area contributed by atoms with Crippen LogP contribution in [-0.2, 0) is 38.6 Å². The van der Waals surface area contributed by atoms with Gasteiger partial charge in [-0.2, -0.15) is 0 Å². The lowest BCUT2D eigenvalue weighted by Crippen LogP contribution is -2.80. The van der Waals surface area contributed by atoms with Crippen molar-refractivity contribution in [2.24, 2.45) is 5.73 Å². The van der Waals surface area contributed by atoms with E-state index in [2.05, 4.69) is 22.1 Å². The monoisotopic (exact) mass is 936 g/mol. The summed E-state index contributed by atoms with van der Waals surface area (Å²) in [6, 6.07) is 16.6. The molecule has 0 radical (unpaired) electrons. The van der Waals surface area contributed by atoms with E-state index in [1.807, 2.05) is 53.2 Å². The highest BCUT2D eigenvalue weighted by atomic mass is 16.7. The first-order valence-corrected chi connectivity index (χ1v) is 21.9. The molecule has 1 spiro atoms. The van der Waals surface area contributed by atoms with E-state index in [1.54, 1.807) is 18.3 Å². The van der Waals surface area contributed by atoms with Crippen LogP contribution < -0.4 is 34.7 Å². The van der Waals surface area contributed by atoms with E-state index in [4.69, 9.17) is 38.9 Å². The molecule has 1 fully saturated rings. The largest absolute Gasteiger partial charge is 0.489 e. The average molecular weight is 937 g/mol. The molecule has 1 saturated heterocycles. The number of benzene rings is 3. The summed E-state index contributed by atoms with van der Waals surface area (Å²) in [4.78, 5) is 27.6. The van der Waals surface area contributed by atoms with Crippen molar-refractivity contribution in [3.63, 3.8) is 0 Å². The maximum absolute atomic E-state index is 12.9. The minimum absolute atomic E-state index is 0.00733. The van der Waals surface area contributed by atoms with Crippen LogP contribution in [0.2, 0.25) is 0 Å². The fourth-order valence-electron chi connectivity index (χ4n) is 10.2. The SMILES string of the molecule is NC1NC=CC2(OC3Oc4cc5c(c(Cn6cc7cc[nH]c7c6CO)c4C#CCC2(O)C(O)C3O)C2Oc3c(ccc(OCO)c3OCCO)C2C(Cc2ccccc2)O5)C1OC(=O)CC(=O)O. The molecule has 356 valence electrons. The molecule has 8 heterocycles. The van der Waals surface area contributed by atoms with Crippen molar-refractivity contribution in [3.8, 4) is 40.6 Å². The number of aliphatic hydroxyl groups is 6. The van der Waals surface area contributed by atoms with Gasteiger partial charge in [-0.25, -0.2) is 0 Å². The lowest BCUT2D eigenvalue weighted by atomic mass is 9.67. The molecule has 11 rings (SSSR count). The first-order chi connectivity index (χ1) is 32.9. The highest BCUT2D eigenvalue weighted by Gasteiger charge is 2.69. The number of nitrogens with one attached hydrogen (secondary N) is 2. The molecule has 0 saturated carbocycles. The van der Waals surface area contributed by atoms with Crippen LogP contribution in [0.5, 0.6) is 28.7 Å². The summed E-state index contributed by atoms with van der Waals surface area (Å²) >= 11 is 0. The molecule has 6 aliphatic heterocycles. The summed E-state index contributed by atoms with van der Waals surface area (Å²) in [6.07, 6.45) is -5.44. The van der Waals surface area contributed by atoms with Gasteiger partial charge in [-0.15, -0.1) is 0 Å². The van der Waals surface area contributed by atoms with E-state index in [1.165, 1.54) is 12.3 Å². The molecule has 20 heteroatoms. The number of fused-ring (bicyclic) bond motifs is 8. The molecule has 20 nitrogen and oxygen atoms in total. The zero-order valence-electron chi connectivity index (χ0n) is 36.1. The van der Waals surface area contributed by atoms with Gasteiger partial charge in [-0.05, 0) is 30.0 Å². The number of esters is 1. The van der Waals surface area contributed by atoms with E-state index in [0.717, 1.165) is 10.9 Å². The third-order valence-corrected chi connectivity index (χ3v) is 13.2. The number of rotatable bonds is 13. The van der Waals surface area contributed by atoms with Gasteiger partial charge in [0.15, 0.2) is 30.0 Å². The van der Waals surface area contributed by atoms with Gasteiger partial charge in [-0.3, -0.25) is 9.59 Å². The highest BCUT2D eigenvalue weighted by molar-refractivity contribution is 5.90. The second-order valence-electron chi connectivity index (χ2n) is 17.1. The van der Waals surface area contributed by atoms with Crippen LogP contribution in [0.15, 0.2) is 79.3 Å². The van der Waals surface area contributed by atoms with Crippen molar-refractivity contribution in [2.45, 2.75) is 92.5 Å². The highest BCUT2D eigenvalue weighted by Crippen LogP contribution is 2.60. The molecular weight excluding hydrogens is 889 g/mol. The molecule has 68 heavy (non-hydrogen) atoms. The number of H-pyrrole nitrogens is 1. The topological polar surface area (TPSA) is 299 Å². The van der Waals surface area contributed by atoms with Gasteiger partial charge in [0, 0.05) is 59.9 Å². The van der Waals surface area contributed by atoms with E-state index < -0.39 is 91.7 Å². The Kier molecular flexibility index (Phi) is 11.7. The van der Waals surface area contributed by atoms with Gasteiger partial charge in [0.2, 0.25) is 12.0 Å². The second-order valence-corrected chi connectivity index (χ2v) is 17.1. The lowest BCUT2D eigenvalue weighted by Gasteiger charge is -2.57. The third kappa shape index (κ3) is 7.35. The van der Waals surface area contributed by atoms with Crippen LogP contribution in [0.4, 0.5) is 0 Å². The fourth-order valence-corrected chi connectivity index (χ4v) is 10.2. The van der Waals surface area contributed by atoms with Gasteiger partial charge < -0.3 is 89.5 Å². The van der Waals surface area contributed by atoms with E-state index in [0.29, 0.717) is 40.1 Å². The van der Waals surface area contributed by atoms with Gasteiger partial charge in [0.25, 0.3) is 0 Å². The Bertz CT molecular complexity index is 2850. The van der Waals surface area contributed by atoms with Crippen LogP contribution in [0.3, 0.4) is 0 Å². The summed E-state index contributed by atoms with van der Waals surface area (Å²) in [5.74, 6) is 3.86. The molecule has 10 unspecified atom stereocenters. The number of ether oxygens (including phenoxy) is 7. The molecular formula is C48H48N4O16. The first-order valence-electron chi connectivity index (χ1n) is 21.9. The Morgan fingerprint density at radius 3 is 2.60 bits per heavy atom. The van der Waals surface area contributed by atoms with Crippen LogP contribution in [0, 0.1) is 11.8 Å². The second kappa shape index (κ2) is 17.7. The van der Waals surface area contributed by atoms with Gasteiger partial charge in [0.05, 0.1) is 35.9 Å². The summed E-state index contributed by atoms with van der Waals surface area (Å²) in [5.41, 5.74) is 5.68. The maximum Gasteiger partial charge on any atom is 0.317 e. The summed E-state index contributed by atoms with van der Waals surface area (Å²) in [6.45, 7) is -1.44. The minimum atomic E-state index is -2.58. The Balaban J connectivity index is 1.18. The van der Waals surface area contributed by atoms with E-state index in [-0.39, 0.29) is 54.9 Å². The molecule has 0 amide bonds. The summed E-state index contributed by atoms with van der Waals surface area (Å²) in [5, 5.41) is 79.7. The van der Waals surface area contributed by atoms with Crippen molar-refractivity contribution in [2.75, 3.05) is 20.0 Å². The molecule has 6 aliphatic rings. The van der Waals surface area contributed by atoms with Crippen LogP contribution in [-0.4, -0.2) is 125 Å². The number of carboxylic acid groups (broad SMARTS) is 1. The lowest BCUT2D eigenvalue weighted by molar-refractivity contribution is -0.355. The van der Waals surface area contributed by atoms with Crippen molar-refractivity contribution in [1.29, 1.82) is 0 Å². The van der Waals surface area contributed by atoms with Crippen molar-refractivity contribution in [3.05, 3.63) is 113 Å². The standard InChI is InChI=1S/C48H48N4O16/c49-45-44(66-35(58)19-34(56)57)48(12-14-51-45)47(61)11-4-7-26-28(21-52-20-25-10-13-50-38(25)29(52)22-54)37-33(18-31(26)65-46(68-48)39(59)43(47)60)64-32(17-24-5-2-1-3-6-24)36-27-8-9-30(63-23-55)41(62-16-15-53)40(27)67-42(36)37/h1-3,5-6,8-10,12-14,18,20,32,36,39,42-46,50-51,53-55,59-61H,11,15-17,19,21-23,49H2,(H,56,57). The number of aliphatic hydroxyl groups excluding tert-OH is 5. The van der Waals surface area contributed by atoms with Crippen LogP contribution in [0.25, 0.3) is 10.9 Å². The maximum atomic E-state index is 12.9. The number of hydrogen-bond donors (Lipinski definition) is 10. The summed E-state index contributed by atoms with van der Waals surface area (Å²) in [7, 11) is 0.